The lowest BCUT2D eigenvalue weighted by Crippen LogP contribution is -2.52. The molecule has 1 atom stereocenters. The summed E-state index contributed by atoms with van der Waals surface area (Å²) < 4.78 is 6.76. The Morgan fingerprint density at radius 1 is 1.33 bits per heavy atom. The van der Waals surface area contributed by atoms with Gasteiger partial charge in [0.15, 0.2) is 0 Å². The first-order valence-corrected chi connectivity index (χ1v) is 8.15. The second-order valence-electron chi connectivity index (χ2n) is 5.34. The van der Waals surface area contributed by atoms with E-state index >= 15 is 0 Å². The van der Waals surface area contributed by atoms with E-state index in [4.69, 9.17) is 4.74 Å². The monoisotopic (exact) mass is 344 g/mol. The molecule has 1 aliphatic rings. The van der Waals surface area contributed by atoms with Crippen LogP contribution < -0.4 is 15.6 Å². The Balaban J connectivity index is 1.82. The maximum absolute atomic E-state index is 12.4. The summed E-state index contributed by atoms with van der Waals surface area (Å²) in [5, 5.41) is 14.1. The molecule has 0 saturated heterocycles. The molecule has 1 aliphatic heterocycles. The first-order valence-electron chi connectivity index (χ1n) is 7.27. The molecule has 124 valence electrons. The quantitative estimate of drug-likeness (QED) is 0.866. The van der Waals surface area contributed by atoms with Gasteiger partial charge in [-0.05, 0) is 24.0 Å². The number of nitrogens with one attached hydrogen (secondary N) is 1. The van der Waals surface area contributed by atoms with E-state index < -0.39 is 16.5 Å². The Bertz CT molecular complexity index is 847. The molecule has 0 spiro atoms. The van der Waals surface area contributed by atoms with E-state index in [1.807, 2.05) is 30.3 Å². The van der Waals surface area contributed by atoms with E-state index in [2.05, 4.69) is 5.32 Å². The van der Waals surface area contributed by atoms with Crippen LogP contribution in [0, 0.1) is 0 Å². The summed E-state index contributed by atoms with van der Waals surface area (Å²) in [6.45, 7) is 2.09. The van der Waals surface area contributed by atoms with E-state index in [1.165, 1.54) is 12.3 Å². The lowest BCUT2D eigenvalue weighted by Gasteiger charge is -2.27. The zero-order valence-corrected chi connectivity index (χ0v) is 13.7. The molecular weight excluding hydrogens is 328 g/mol. The summed E-state index contributed by atoms with van der Waals surface area (Å²) in [6, 6.07) is 12.5. The molecule has 2 N–H and O–H groups in total. The number of carboxylic acid groups (broad SMARTS) is 1. The number of rotatable bonds is 5. The summed E-state index contributed by atoms with van der Waals surface area (Å²) in [6.07, 6.45) is 1.43. The van der Waals surface area contributed by atoms with Gasteiger partial charge in [-0.1, -0.05) is 42.1 Å². The Morgan fingerprint density at radius 3 is 2.67 bits per heavy atom. The van der Waals surface area contributed by atoms with Gasteiger partial charge < -0.3 is 15.2 Å². The SMILES string of the molecule is CC1=CSC(C(=O)O)(n2ccc(OCc3ccccc3)cc2=O)N1. The molecule has 2 heterocycles. The molecule has 1 unspecified atom stereocenters. The zero-order valence-electron chi connectivity index (χ0n) is 12.9. The molecule has 6 nitrogen and oxygen atoms in total. The number of benzene rings is 1. The van der Waals surface area contributed by atoms with Gasteiger partial charge in [-0.15, -0.1) is 0 Å². The minimum atomic E-state index is -1.56. The smallest absolute Gasteiger partial charge is 0.362 e. The Kier molecular flexibility index (Phi) is 4.35. The number of nitrogens with zero attached hydrogens (tertiary/aromatic N) is 1. The largest absolute Gasteiger partial charge is 0.489 e. The van der Waals surface area contributed by atoms with Crippen molar-refractivity contribution in [3.05, 3.63) is 75.7 Å². The van der Waals surface area contributed by atoms with Crippen molar-refractivity contribution >= 4 is 17.7 Å². The summed E-state index contributed by atoms with van der Waals surface area (Å²) in [7, 11) is 0. The van der Waals surface area contributed by atoms with Crippen molar-refractivity contribution in [1.82, 2.24) is 9.88 Å². The maximum Gasteiger partial charge on any atom is 0.362 e. The molecule has 3 rings (SSSR count). The van der Waals surface area contributed by atoms with E-state index in [0.717, 1.165) is 21.9 Å². The predicted molar refractivity (Wildman–Crippen MR) is 91.6 cm³/mol. The van der Waals surface area contributed by atoms with Crippen LogP contribution in [0.15, 0.2) is 64.6 Å². The van der Waals surface area contributed by atoms with Crippen LogP contribution in [0.4, 0.5) is 0 Å². The zero-order chi connectivity index (χ0) is 17.2. The number of pyridine rings is 1. The normalized spacial score (nSPS) is 19.5. The highest BCUT2D eigenvalue weighted by atomic mass is 32.2. The molecule has 24 heavy (non-hydrogen) atoms. The third-order valence-electron chi connectivity index (χ3n) is 3.54. The third-order valence-corrected chi connectivity index (χ3v) is 4.83. The number of thioether (sulfide) groups is 1. The molecule has 7 heteroatoms. The van der Waals surface area contributed by atoms with Gasteiger partial charge in [-0.2, -0.15) is 0 Å². The Labute approximate surface area is 142 Å². The van der Waals surface area contributed by atoms with E-state index in [1.54, 1.807) is 18.4 Å². The number of allylic oxidation sites excluding steroid dienone is 1. The minimum Gasteiger partial charge on any atom is -0.489 e. The van der Waals surface area contributed by atoms with E-state index in [0.29, 0.717) is 18.1 Å². The van der Waals surface area contributed by atoms with Crippen molar-refractivity contribution in [1.29, 1.82) is 0 Å². The van der Waals surface area contributed by atoms with Gasteiger partial charge in [0.1, 0.15) is 12.4 Å². The molecule has 0 fully saturated rings. The first kappa shape index (κ1) is 16.2. The lowest BCUT2D eigenvalue weighted by atomic mass is 10.2. The number of aromatic nitrogens is 1. The van der Waals surface area contributed by atoms with Crippen molar-refractivity contribution in [2.24, 2.45) is 0 Å². The van der Waals surface area contributed by atoms with Crippen LogP contribution in [0.1, 0.15) is 12.5 Å². The highest BCUT2D eigenvalue weighted by molar-refractivity contribution is 8.03. The summed E-state index contributed by atoms with van der Waals surface area (Å²) in [5.74, 6) is -0.742. The Morgan fingerprint density at radius 2 is 2.08 bits per heavy atom. The van der Waals surface area contributed by atoms with Crippen LogP contribution in [-0.2, 0) is 16.4 Å². The molecule has 0 radical (unpaired) electrons. The van der Waals surface area contributed by atoms with Crippen molar-refractivity contribution in [2.45, 2.75) is 18.5 Å². The van der Waals surface area contributed by atoms with Gasteiger partial charge in [-0.3, -0.25) is 9.36 Å². The van der Waals surface area contributed by atoms with Gasteiger partial charge in [-0.25, -0.2) is 4.79 Å². The van der Waals surface area contributed by atoms with Crippen molar-refractivity contribution < 1.29 is 14.6 Å². The first-order chi connectivity index (χ1) is 11.5. The van der Waals surface area contributed by atoms with Crippen LogP contribution in [0.25, 0.3) is 0 Å². The fraction of sp³-hybridized carbons (Fsp3) is 0.176. The van der Waals surface area contributed by atoms with Crippen molar-refractivity contribution in [3.8, 4) is 5.75 Å². The highest BCUT2D eigenvalue weighted by Gasteiger charge is 2.44. The van der Waals surface area contributed by atoms with Gasteiger partial charge in [0, 0.05) is 18.0 Å². The topological polar surface area (TPSA) is 80.6 Å². The van der Waals surface area contributed by atoms with E-state index in [9.17, 15) is 14.7 Å². The van der Waals surface area contributed by atoms with Crippen molar-refractivity contribution in [2.75, 3.05) is 0 Å². The molecule has 1 aromatic carbocycles. The van der Waals surface area contributed by atoms with Crippen LogP contribution in [0.5, 0.6) is 5.75 Å². The van der Waals surface area contributed by atoms with Gasteiger partial charge in [0.05, 0.1) is 0 Å². The highest BCUT2D eigenvalue weighted by Crippen LogP contribution is 2.35. The molecule has 0 bridgehead atoms. The number of aliphatic carboxylic acids is 1. The summed E-state index contributed by atoms with van der Waals surface area (Å²) >= 11 is 1.04. The molecular formula is C17H16N2O4S. The predicted octanol–water partition coefficient (Wildman–Crippen LogP) is 2.32. The number of hydrogen-bond acceptors (Lipinski definition) is 5. The molecule has 1 aromatic heterocycles. The second kappa shape index (κ2) is 6.45. The minimum absolute atomic E-state index is 0.335. The second-order valence-corrected chi connectivity index (χ2v) is 6.40. The van der Waals surface area contributed by atoms with Crippen LogP contribution in [0.3, 0.4) is 0 Å². The maximum atomic E-state index is 12.4. The summed E-state index contributed by atoms with van der Waals surface area (Å²) in [5.41, 5.74) is 1.22. The van der Waals surface area contributed by atoms with Crippen LogP contribution in [0.2, 0.25) is 0 Å². The van der Waals surface area contributed by atoms with Gasteiger partial charge >= 0.3 is 5.97 Å². The van der Waals surface area contributed by atoms with E-state index in [-0.39, 0.29) is 0 Å². The lowest BCUT2D eigenvalue weighted by molar-refractivity contribution is -0.143. The standard InChI is InChI=1S/C17H16N2O4S/c1-12-11-24-17(18-12,16(21)22)19-8-7-14(9-15(19)20)23-10-13-5-3-2-4-6-13/h2-9,11,18H,10H2,1H3,(H,21,22). The molecule has 0 amide bonds. The average molecular weight is 344 g/mol. The molecule has 0 aliphatic carbocycles. The van der Waals surface area contributed by atoms with Crippen molar-refractivity contribution in [3.63, 3.8) is 0 Å². The number of hydrogen-bond donors (Lipinski definition) is 2. The number of carbonyl (C=O) groups is 1. The van der Waals surface area contributed by atoms with Gasteiger partial charge in [0.25, 0.3) is 10.6 Å². The average Bonchev–Trinajstić information content (AvgIpc) is 2.97. The number of ether oxygens (including phenoxy) is 1. The fourth-order valence-corrected chi connectivity index (χ4v) is 3.37. The summed E-state index contributed by atoms with van der Waals surface area (Å²) in [4.78, 5) is 22.6. The fourth-order valence-electron chi connectivity index (χ4n) is 2.38. The Hall–Kier alpha value is -2.67. The third kappa shape index (κ3) is 3.03. The number of carboxylic acids is 1. The molecule has 0 saturated carbocycles. The van der Waals surface area contributed by atoms with Crippen LogP contribution >= 0.6 is 11.8 Å². The van der Waals surface area contributed by atoms with Gasteiger partial charge in [0.2, 0.25) is 0 Å². The van der Waals surface area contributed by atoms with Crippen LogP contribution in [-0.4, -0.2) is 15.6 Å². The molecule has 2 aromatic rings.